The fraction of sp³-hybridized carbons (Fsp3) is 0.375. The number of nitrogens with zero attached hydrogens (tertiary/aromatic N) is 1. The molecule has 0 saturated carbocycles. The minimum absolute atomic E-state index is 0.213. The number of halogens is 1. The van der Waals surface area contributed by atoms with E-state index in [1.54, 1.807) is 18.2 Å². The number of rotatable bonds is 8. The summed E-state index contributed by atoms with van der Waals surface area (Å²) in [6.45, 7) is 6.29. The highest BCUT2D eigenvalue weighted by atomic mass is 35.5. The first kappa shape index (κ1) is 18.1. The van der Waals surface area contributed by atoms with Crippen LogP contribution in [-0.2, 0) is 10.0 Å². The van der Waals surface area contributed by atoms with E-state index in [0.29, 0.717) is 10.0 Å². The van der Waals surface area contributed by atoms with Crippen LogP contribution in [0.25, 0.3) is 0 Å². The van der Waals surface area contributed by atoms with Gasteiger partial charge < -0.3 is 4.90 Å². The number of benzene rings is 1. The van der Waals surface area contributed by atoms with E-state index in [2.05, 4.69) is 23.5 Å². The van der Waals surface area contributed by atoms with Gasteiger partial charge in [0.05, 0.1) is 4.34 Å². The summed E-state index contributed by atoms with van der Waals surface area (Å²) in [4.78, 5) is 2.30. The van der Waals surface area contributed by atoms with Crippen LogP contribution in [0, 0.1) is 0 Å². The number of hydrogen-bond donors (Lipinski definition) is 1. The molecule has 4 nitrogen and oxygen atoms in total. The third kappa shape index (κ3) is 4.86. The molecule has 0 unspecified atom stereocenters. The fourth-order valence-electron chi connectivity index (χ4n) is 2.30. The van der Waals surface area contributed by atoms with Gasteiger partial charge in [0.15, 0.2) is 0 Å². The lowest BCUT2D eigenvalue weighted by atomic mass is 10.2. The molecule has 23 heavy (non-hydrogen) atoms. The molecule has 0 amide bonds. The molecule has 126 valence electrons. The molecular weight excluding hydrogens is 352 g/mol. The number of nitrogens with one attached hydrogen (secondary N) is 1. The molecule has 1 aromatic carbocycles. The number of sulfonamides is 1. The van der Waals surface area contributed by atoms with Crippen molar-refractivity contribution in [1.82, 2.24) is 0 Å². The summed E-state index contributed by atoms with van der Waals surface area (Å²) in [6, 6.07) is 10.6. The van der Waals surface area contributed by atoms with E-state index in [0.717, 1.165) is 43.0 Å². The van der Waals surface area contributed by atoms with Crippen LogP contribution < -0.4 is 9.62 Å². The predicted octanol–water partition coefficient (Wildman–Crippen LogP) is 4.83. The van der Waals surface area contributed by atoms with Crippen molar-refractivity contribution in [2.75, 3.05) is 22.7 Å². The third-order valence-corrected chi connectivity index (χ3v) is 6.39. The maximum Gasteiger partial charge on any atom is 0.271 e. The van der Waals surface area contributed by atoms with Crippen molar-refractivity contribution in [2.45, 2.75) is 30.9 Å². The van der Waals surface area contributed by atoms with Gasteiger partial charge in [-0.15, -0.1) is 11.3 Å². The van der Waals surface area contributed by atoms with Gasteiger partial charge >= 0.3 is 0 Å². The minimum atomic E-state index is -3.58. The van der Waals surface area contributed by atoms with Crippen LogP contribution in [0.4, 0.5) is 11.4 Å². The van der Waals surface area contributed by atoms with Gasteiger partial charge in [-0.05, 0) is 49.2 Å². The van der Waals surface area contributed by atoms with Crippen LogP contribution in [0.2, 0.25) is 4.34 Å². The smallest absolute Gasteiger partial charge is 0.271 e. The molecule has 0 saturated heterocycles. The third-order valence-electron chi connectivity index (χ3n) is 3.29. The molecule has 1 N–H and O–H groups in total. The summed E-state index contributed by atoms with van der Waals surface area (Å²) in [5.74, 6) is 0. The Morgan fingerprint density at radius 1 is 1.04 bits per heavy atom. The molecule has 0 aliphatic carbocycles. The monoisotopic (exact) mass is 372 g/mol. The summed E-state index contributed by atoms with van der Waals surface area (Å²) >= 11 is 6.85. The zero-order valence-corrected chi connectivity index (χ0v) is 15.6. The van der Waals surface area contributed by atoms with Gasteiger partial charge in [-0.2, -0.15) is 0 Å². The zero-order chi connectivity index (χ0) is 16.9. The summed E-state index contributed by atoms with van der Waals surface area (Å²) < 4.78 is 27.8. The molecule has 1 heterocycles. The van der Waals surface area contributed by atoms with E-state index >= 15 is 0 Å². The summed E-state index contributed by atoms with van der Waals surface area (Å²) in [5.41, 5.74) is 1.65. The largest absolute Gasteiger partial charge is 0.372 e. The SMILES string of the molecule is CCCN(CCC)c1ccc(NS(=O)(=O)c2ccc(Cl)s2)cc1. The van der Waals surface area contributed by atoms with Gasteiger partial charge in [0, 0.05) is 24.5 Å². The maximum atomic E-state index is 12.3. The van der Waals surface area contributed by atoms with Crippen LogP contribution in [0.3, 0.4) is 0 Å². The van der Waals surface area contributed by atoms with Crippen molar-refractivity contribution in [3.63, 3.8) is 0 Å². The lowest BCUT2D eigenvalue weighted by Gasteiger charge is -2.24. The molecule has 2 aromatic rings. The van der Waals surface area contributed by atoms with E-state index in [-0.39, 0.29) is 4.21 Å². The van der Waals surface area contributed by atoms with Crippen molar-refractivity contribution in [1.29, 1.82) is 0 Å². The maximum absolute atomic E-state index is 12.3. The molecule has 0 spiro atoms. The summed E-state index contributed by atoms with van der Waals surface area (Å²) in [7, 11) is -3.58. The van der Waals surface area contributed by atoms with Gasteiger partial charge in [0.1, 0.15) is 4.21 Å². The van der Waals surface area contributed by atoms with Crippen LogP contribution in [0.1, 0.15) is 26.7 Å². The topological polar surface area (TPSA) is 49.4 Å². The second-order valence-corrected chi connectivity index (χ2v) is 8.82. The lowest BCUT2D eigenvalue weighted by Crippen LogP contribution is -2.24. The molecule has 7 heteroatoms. The highest BCUT2D eigenvalue weighted by Gasteiger charge is 2.16. The van der Waals surface area contributed by atoms with Gasteiger partial charge in [-0.3, -0.25) is 4.72 Å². The van der Waals surface area contributed by atoms with Gasteiger partial charge in [0.2, 0.25) is 0 Å². The van der Waals surface area contributed by atoms with Crippen molar-refractivity contribution in [3.05, 3.63) is 40.7 Å². The Kier molecular flexibility index (Phi) is 6.33. The Labute approximate surface area is 147 Å². The highest BCUT2D eigenvalue weighted by Crippen LogP contribution is 2.27. The minimum Gasteiger partial charge on any atom is -0.372 e. The molecule has 1 aromatic heterocycles. The number of hydrogen-bond acceptors (Lipinski definition) is 4. The average Bonchev–Trinajstić information content (AvgIpc) is 2.95. The number of anilines is 2. The molecule has 0 atom stereocenters. The Balaban J connectivity index is 2.13. The predicted molar refractivity (Wildman–Crippen MR) is 99.4 cm³/mol. The quantitative estimate of drug-likeness (QED) is 0.722. The summed E-state index contributed by atoms with van der Waals surface area (Å²) in [6.07, 6.45) is 2.15. The van der Waals surface area contributed by atoms with Gasteiger partial charge in [-0.1, -0.05) is 25.4 Å². The molecule has 0 aliphatic rings. The zero-order valence-electron chi connectivity index (χ0n) is 13.3. The van der Waals surface area contributed by atoms with Crippen LogP contribution >= 0.6 is 22.9 Å². The second-order valence-electron chi connectivity index (χ2n) is 5.20. The number of thiophene rings is 1. The van der Waals surface area contributed by atoms with Crippen LogP contribution in [0.5, 0.6) is 0 Å². The van der Waals surface area contributed by atoms with E-state index in [4.69, 9.17) is 11.6 Å². The molecular formula is C16H21ClN2O2S2. The first-order valence-corrected chi connectivity index (χ1v) is 10.3. The normalized spacial score (nSPS) is 11.4. The van der Waals surface area contributed by atoms with Crippen molar-refractivity contribution >= 4 is 44.3 Å². The average molecular weight is 373 g/mol. The van der Waals surface area contributed by atoms with Crippen molar-refractivity contribution < 1.29 is 8.42 Å². The van der Waals surface area contributed by atoms with Crippen LogP contribution in [0.15, 0.2) is 40.6 Å². The highest BCUT2D eigenvalue weighted by molar-refractivity contribution is 7.94. The lowest BCUT2D eigenvalue weighted by molar-refractivity contribution is 0.603. The standard InChI is InChI=1S/C16H21ClN2O2S2/c1-3-11-19(12-4-2)14-7-5-13(6-8-14)18-23(20,21)16-10-9-15(17)22-16/h5-10,18H,3-4,11-12H2,1-2H3. The Hall–Kier alpha value is -1.24. The van der Waals surface area contributed by atoms with E-state index in [1.807, 2.05) is 12.1 Å². The molecule has 0 fully saturated rings. The van der Waals surface area contributed by atoms with Crippen molar-refractivity contribution in [3.8, 4) is 0 Å². The fourth-order valence-corrected chi connectivity index (χ4v) is 4.84. The first-order chi connectivity index (χ1) is 11.0. The molecule has 0 aliphatic heterocycles. The van der Waals surface area contributed by atoms with E-state index in [9.17, 15) is 8.42 Å². The Morgan fingerprint density at radius 3 is 2.13 bits per heavy atom. The van der Waals surface area contributed by atoms with Crippen LogP contribution in [-0.4, -0.2) is 21.5 Å². The molecule has 0 bridgehead atoms. The van der Waals surface area contributed by atoms with E-state index in [1.165, 1.54) is 6.07 Å². The van der Waals surface area contributed by atoms with Crippen molar-refractivity contribution in [2.24, 2.45) is 0 Å². The van der Waals surface area contributed by atoms with Gasteiger partial charge in [0.25, 0.3) is 10.0 Å². The molecule has 0 radical (unpaired) electrons. The van der Waals surface area contributed by atoms with E-state index < -0.39 is 10.0 Å². The molecule has 2 rings (SSSR count). The van der Waals surface area contributed by atoms with Gasteiger partial charge in [-0.25, -0.2) is 8.42 Å². The first-order valence-electron chi connectivity index (χ1n) is 7.59. The summed E-state index contributed by atoms with van der Waals surface area (Å²) in [5, 5.41) is 0. The second kappa shape index (κ2) is 8.04. The Bertz CT molecular complexity index is 721. The Morgan fingerprint density at radius 2 is 1.65 bits per heavy atom.